The molecule has 92 valence electrons. The molecular formula is C15H15FN2. The van der Waals surface area contributed by atoms with Crippen LogP contribution in [-0.2, 0) is 13.0 Å². The van der Waals surface area contributed by atoms with Crippen molar-refractivity contribution in [1.29, 1.82) is 5.26 Å². The van der Waals surface area contributed by atoms with Gasteiger partial charge in [0.25, 0.3) is 0 Å². The molecular weight excluding hydrogens is 227 g/mol. The first-order chi connectivity index (χ1) is 8.65. The van der Waals surface area contributed by atoms with Gasteiger partial charge in [0.05, 0.1) is 0 Å². The van der Waals surface area contributed by atoms with Gasteiger partial charge in [-0.25, -0.2) is 4.39 Å². The van der Waals surface area contributed by atoms with Crippen molar-refractivity contribution in [3.05, 3.63) is 58.7 Å². The van der Waals surface area contributed by atoms with Gasteiger partial charge >= 0.3 is 0 Å². The normalized spacial score (nSPS) is 10.3. The van der Waals surface area contributed by atoms with Gasteiger partial charge in [-0.15, -0.1) is 0 Å². The quantitative estimate of drug-likeness (QED) is 0.810. The van der Waals surface area contributed by atoms with E-state index in [4.69, 9.17) is 0 Å². The average Bonchev–Trinajstić information content (AvgIpc) is 2.68. The third-order valence-corrected chi connectivity index (χ3v) is 3.12. The molecule has 3 heteroatoms. The summed E-state index contributed by atoms with van der Waals surface area (Å²) in [6.07, 6.45) is 0.847. The van der Waals surface area contributed by atoms with E-state index in [2.05, 4.69) is 6.07 Å². The van der Waals surface area contributed by atoms with E-state index in [1.54, 1.807) is 12.1 Å². The van der Waals surface area contributed by atoms with Gasteiger partial charge in [0.1, 0.15) is 17.6 Å². The van der Waals surface area contributed by atoms with Crippen LogP contribution in [0, 0.1) is 24.1 Å². The Morgan fingerprint density at radius 2 is 1.94 bits per heavy atom. The fourth-order valence-electron chi connectivity index (χ4n) is 2.13. The summed E-state index contributed by atoms with van der Waals surface area (Å²) in [5.74, 6) is -0.238. The molecule has 0 N–H and O–H groups in total. The summed E-state index contributed by atoms with van der Waals surface area (Å²) in [7, 11) is 0. The Bertz CT molecular complexity index is 588. The molecule has 0 unspecified atom stereocenters. The highest BCUT2D eigenvalue weighted by molar-refractivity contribution is 5.37. The predicted molar refractivity (Wildman–Crippen MR) is 68.8 cm³/mol. The predicted octanol–water partition coefficient (Wildman–Crippen LogP) is 3.42. The minimum atomic E-state index is -0.238. The molecule has 0 amide bonds. The first-order valence-corrected chi connectivity index (χ1v) is 5.99. The molecule has 0 aliphatic rings. The summed E-state index contributed by atoms with van der Waals surface area (Å²) in [6.45, 7) is 4.64. The number of hydrogen-bond donors (Lipinski definition) is 0. The summed E-state index contributed by atoms with van der Waals surface area (Å²) in [5.41, 5.74) is 3.83. The molecule has 0 spiro atoms. The molecule has 1 aromatic heterocycles. The summed E-state index contributed by atoms with van der Waals surface area (Å²) in [6, 6.07) is 10.7. The van der Waals surface area contributed by atoms with Crippen molar-refractivity contribution in [1.82, 2.24) is 4.57 Å². The standard InChI is InChI=1S/C15H15FN2/c1-3-13-8-11(2)18(15(13)9-17)10-12-4-6-14(16)7-5-12/h4-8H,3,10H2,1-2H3. The Morgan fingerprint density at radius 3 is 2.50 bits per heavy atom. The van der Waals surface area contributed by atoms with Crippen LogP contribution in [0.1, 0.15) is 29.4 Å². The maximum Gasteiger partial charge on any atom is 0.123 e. The van der Waals surface area contributed by atoms with E-state index in [9.17, 15) is 9.65 Å². The van der Waals surface area contributed by atoms with Crippen molar-refractivity contribution in [3.63, 3.8) is 0 Å². The summed E-state index contributed by atoms with van der Waals surface area (Å²) < 4.78 is 14.8. The largest absolute Gasteiger partial charge is 0.332 e. The van der Waals surface area contributed by atoms with E-state index < -0.39 is 0 Å². The average molecular weight is 242 g/mol. The summed E-state index contributed by atoms with van der Waals surface area (Å²) in [4.78, 5) is 0. The number of benzene rings is 1. The van der Waals surface area contributed by atoms with Gasteiger partial charge < -0.3 is 4.57 Å². The Hall–Kier alpha value is -2.08. The third-order valence-electron chi connectivity index (χ3n) is 3.12. The highest BCUT2D eigenvalue weighted by atomic mass is 19.1. The molecule has 2 rings (SSSR count). The molecule has 0 aliphatic heterocycles. The number of rotatable bonds is 3. The Kier molecular flexibility index (Phi) is 3.47. The van der Waals surface area contributed by atoms with Crippen LogP contribution in [0.5, 0.6) is 0 Å². The minimum absolute atomic E-state index is 0.238. The van der Waals surface area contributed by atoms with Crippen LogP contribution in [0.25, 0.3) is 0 Å². The van der Waals surface area contributed by atoms with E-state index >= 15 is 0 Å². The zero-order valence-electron chi connectivity index (χ0n) is 10.6. The lowest BCUT2D eigenvalue weighted by Gasteiger charge is -2.08. The summed E-state index contributed by atoms with van der Waals surface area (Å²) in [5, 5.41) is 9.24. The molecule has 0 bridgehead atoms. The molecule has 0 atom stereocenters. The Labute approximate surface area is 106 Å². The number of aryl methyl sites for hydroxylation is 2. The van der Waals surface area contributed by atoms with Crippen molar-refractivity contribution in [2.24, 2.45) is 0 Å². The van der Waals surface area contributed by atoms with Crippen molar-refractivity contribution in [3.8, 4) is 6.07 Å². The van der Waals surface area contributed by atoms with Gasteiger partial charge in [-0.2, -0.15) is 5.26 Å². The number of nitriles is 1. The van der Waals surface area contributed by atoms with Gasteiger partial charge in [-0.1, -0.05) is 19.1 Å². The van der Waals surface area contributed by atoms with Crippen LogP contribution < -0.4 is 0 Å². The van der Waals surface area contributed by atoms with E-state index in [1.807, 2.05) is 24.5 Å². The SMILES string of the molecule is CCc1cc(C)n(Cc2ccc(F)cc2)c1C#N. The first-order valence-electron chi connectivity index (χ1n) is 5.99. The number of halogens is 1. The Morgan fingerprint density at radius 1 is 1.28 bits per heavy atom. The molecule has 18 heavy (non-hydrogen) atoms. The zero-order chi connectivity index (χ0) is 13.1. The lowest BCUT2D eigenvalue weighted by Crippen LogP contribution is -2.05. The van der Waals surface area contributed by atoms with Crippen LogP contribution in [-0.4, -0.2) is 4.57 Å². The monoisotopic (exact) mass is 242 g/mol. The molecule has 0 radical (unpaired) electrons. The maximum absolute atomic E-state index is 12.8. The molecule has 0 saturated carbocycles. The number of aromatic nitrogens is 1. The smallest absolute Gasteiger partial charge is 0.123 e. The second-order valence-corrected chi connectivity index (χ2v) is 4.34. The molecule has 0 aliphatic carbocycles. The molecule has 2 aromatic rings. The van der Waals surface area contributed by atoms with Gasteiger partial charge in [-0.05, 0) is 42.7 Å². The van der Waals surface area contributed by atoms with Crippen molar-refractivity contribution in [2.45, 2.75) is 26.8 Å². The maximum atomic E-state index is 12.8. The van der Waals surface area contributed by atoms with Crippen molar-refractivity contribution in [2.75, 3.05) is 0 Å². The lowest BCUT2D eigenvalue weighted by molar-refractivity contribution is 0.626. The second-order valence-electron chi connectivity index (χ2n) is 4.34. The highest BCUT2D eigenvalue weighted by Gasteiger charge is 2.11. The van der Waals surface area contributed by atoms with Gasteiger partial charge in [0.2, 0.25) is 0 Å². The van der Waals surface area contributed by atoms with Crippen molar-refractivity contribution >= 4 is 0 Å². The number of hydrogen-bond acceptors (Lipinski definition) is 1. The second kappa shape index (κ2) is 5.05. The molecule has 0 saturated heterocycles. The third kappa shape index (κ3) is 2.28. The van der Waals surface area contributed by atoms with Crippen LogP contribution >= 0.6 is 0 Å². The minimum Gasteiger partial charge on any atom is -0.332 e. The van der Waals surface area contributed by atoms with E-state index in [0.717, 1.165) is 23.2 Å². The van der Waals surface area contributed by atoms with Crippen LogP contribution in [0.3, 0.4) is 0 Å². The van der Waals surface area contributed by atoms with Crippen LogP contribution in [0.2, 0.25) is 0 Å². The first kappa shape index (κ1) is 12.4. The summed E-state index contributed by atoms with van der Waals surface area (Å²) >= 11 is 0. The van der Waals surface area contributed by atoms with Gasteiger partial charge in [0, 0.05) is 12.2 Å². The zero-order valence-corrected chi connectivity index (χ0v) is 10.6. The highest BCUT2D eigenvalue weighted by Crippen LogP contribution is 2.17. The fourth-order valence-corrected chi connectivity index (χ4v) is 2.13. The fraction of sp³-hybridized carbons (Fsp3) is 0.267. The van der Waals surface area contributed by atoms with E-state index in [1.165, 1.54) is 12.1 Å². The van der Waals surface area contributed by atoms with Gasteiger partial charge in [0.15, 0.2) is 0 Å². The van der Waals surface area contributed by atoms with E-state index in [-0.39, 0.29) is 5.82 Å². The molecule has 1 aromatic carbocycles. The molecule has 0 fully saturated rings. The van der Waals surface area contributed by atoms with Gasteiger partial charge in [-0.3, -0.25) is 0 Å². The lowest BCUT2D eigenvalue weighted by atomic mass is 10.2. The number of nitrogens with zero attached hydrogens (tertiary/aromatic N) is 2. The topological polar surface area (TPSA) is 28.7 Å². The van der Waals surface area contributed by atoms with E-state index in [0.29, 0.717) is 12.2 Å². The van der Waals surface area contributed by atoms with Crippen LogP contribution in [0.4, 0.5) is 4.39 Å². The molecule has 2 nitrogen and oxygen atoms in total. The van der Waals surface area contributed by atoms with Crippen LogP contribution in [0.15, 0.2) is 30.3 Å². The molecule has 1 heterocycles. The van der Waals surface area contributed by atoms with Crippen molar-refractivity contribution < 1.29 is 4.39 Å². The Balaban J connectivity index is 2.37.